The topological polar surface area (TPSA) is 149 Å². The molecule has 1 aromatic rings. The summed E-state index contributed by atoms with van der Waals surface area (Å²) in [6.07, 6.45) is 9.15. The Balaban J connectivity index is 0.00000468. The number of Topliss-reactive ketones (excluding diaryl/α,β-unsaturated/α-hetero) is 2. The van der Waals surface area contributed by atoms with Gasteiger partial charge in [-0.2, -0.15) is 0 Å². The first-order chi connectivity index (χ1) is 22.3. The third-order valence-electron chi connectivity index (χ3n) is 10.9. The molecule has 3 heterocycles. The van der Waals surface area contributed by atoms with E-state index in [0.717, 1.165) is 5.57 Å². The van der Waals surface area contributed by atoms with Crippen LogP contribution >= 0.6 is 0 Å². The van der Waals surface area contributed by atoms with E-state index in [-0.39, 0.29) is 48.9 Å². The van der Waals surface area contributed by atoms with Crippen LogP contribution in [-0.2, 0) is 25.5 Å². The number of allylic oxidation sites excluding steroid dienone is 4. The van der Waals surface area contributed by atoms with Gasteiger partial charge in [-0.05, 0) is 99.3 Å². The Labute approximate surface area is 288 Å². The van der Waals surface area contributed by atoms with Gasteiger partial charge >= 0.3 is 0 Å². The van der Waals surface area contributed by atoms with Crippen molar-refractivity contribution in [3.05, 3.63) is 57.9 Å². The minimum atomic E-state index is -1.60. The van der Waals surface area contributed by atoms with Gasteiger partial charge in [-0.25, -0.2) is 0 Å². The Morgan fingerprint density at radius 3 is 2.45 bits per heavy atom. The molecule has 3 N–H and O–H groups in total. The monoisotopic (exact) mass is 678 g/mol. The Bertz CT molecular complexity index is 1720. The highest BCUT2D eigenvalue weighted by Crippen LogP contribution is 2.68. The summed E-state index contributed by atoms with van der Waals surface area (Å²) in [6, 6.07) is 0. The molecule has 7 rings (SSSR count). The molecule has 1 saturated carbocycles. The Hall–Kier alpha value is -3.73. The summed E-state index contributed by atoms with van der Waals surface area (Å²) < 4.78 is 25.6. The minimum Gasteiger partial charge on any atom is -0.506 e. The van der Waals surface area contributed by atoms with Crippen molar-refractivity contribution in [1.29, 1.82) is 0 Å². The highest BCUT2D eigenvalue weighted by atomic mass is 16.6. The highest BCUT2D eigenvalue weighted by molar-refractivity contribution is 6.19. The van der Waals surface area contributed by atoms with E-state index < -0.39 is 51.7 Å². The van der Waals surface area contributed by atoms with Crippen molar-refractivity contribution < 1.29 is 48.7 Å². The highest BCUT2D eigenvalue weighted by Gasteiger charge is 2.81. The molecule has 1 saturated heterocycles. The first kappa shape index (κ1) is 36.5. The van der Waals surface area contributed by atoms with E-state index in [9.17, 15) is 29.7 Å². The Morgan fingerprint density at radius 1 is 1.12 bits per heavy atom. The molecule has 10 heteroatoms. The average molecular weight is 679 g/mol. The maximum absolute atomic E-state index is 14.8. The van der Waals surface area contributed by atoms with Gasteiger partial charge in [0, 0.05) is 29.4 Å². The van der Waals surface area contributed by atoms with Crippen molar-refractivity contribution in [3.8, 4) is 17.2 Å². The van der Waals surface area contributed by atoms with E-state index in [1.807, 2.05) is 40.7 Å². The number of fused-ring (bicyclic) bond motifs is 2. The standard InChI is InChI=1S/C38H46O10.CH4/c1-20(2)9-10-24-31-23(12-14-36(8,46-31)15-13-27(40)34(4,5)44)29(41)28-30(42)25-17-22-18-26-35(6,7)48-37(33(22)43,16-11-21(3)45-19-39)38(25,26)47-32(24)28;/h9,11-12,14,17,19,22,26-27,40-41,44H,10,13,15-16,18H2,1-8H3;1H4/b21-11-;/t22?,26?,27?,36-,37+,38+;/m0./s1. The molecule has 0 amide bonds. The average Bonchev–Trinajstić information content (AvgIpc) is 3.15. The fourth-order valence-electron chi connectivity index (χ4n) is 8.33. The fourth-order valence-corrected chi connectivity index (χ4v) is 8.33. The van der Waals surface area contributed by atoms with Gasteiger partial charge in [0.2, 0.25) is 0 Å². The lowest BCUT2D eigenvalue weighted by Crippen LogP contribution is -2.72. The first-order valence-corrected chi connectivity index (χ1v) is 16.6. The maximum atomic E-state index is 14.8. The molecule has 3 aliphatic carbocycles. The summed E-state index contributed by atoms with van der Waals surface area (Å²) in [5.41, 5.74) is -4.01. The van der Waals surface area contributed by atoms with Crippen LogP contribution in [0.5, 0.6) is 17.2 Å². The van der Waals surface area contributed by atoms with Gasteiger partial charge < -0.3 is 34.3 Å². The summed E-state index contributed by atoms with van der Waals surface area (Å²) in [5, 5.41) is 32.7. The zero-order chi connectivity index (χ0) is 35.2. The van der Waals surface area contributed by atoms with E-state index >= 15 is 0 Å². The van der Waals surface area contributed by atoms with E-state index in [1.165, 1.54) is 0 Å². The van der Waals surface area contributed by atoms with Crippen molar-refractivity contribution >= 4 is 24.1 Å². The number of phenolic OH excluding ortho intramolecular Hbond substituents is 1. The van der Waals surface area contributed by atoms with E-state index in [0.29, 0.717) is 48.2 Å². The van der Waals surface area contributed by atoms with Crippen molar-refractivity contribution in [2.24, 2.45) is 11.8 Å². The maximum Gasteiger partial charge on any atom is 0.298 e. The van der Waals surface area contributed by atoms with Gasteiger partial charge in [0.25, 0.3) is 6.47 Å². The zero-order valence-corrected chi connectivity index (χ0v) is 28.9. The Kier molecular flexibility index (Phi) is 8.92. The molecule has 0 aromatic heterocycles. The number of aromatic hydroxyl groups is 1. The zero-order valence-electron chi connectivity index (χ0n) is 28.9. The van der Waals surface area contributed by atoms with Gasteiger partial charge in [0.1, 0.15) is 34.2 Å². The van der Waals surface area contributed by atoms with E-state index in [2.05, 4.69) is 0 Å². The molecule has 2 fully saturated rings. The molecule has 0 radical (unpaired) electrons. The van der Waals surface area contributed by atoms with Crippen LogP contribution in [0, 0.1) is 11.8 Å². The summed E-state index contributed by atoms with van der Waals surface area (Å²) in [4.78, 5) is 40.2. The molecular formula is C39H50O10. The van der Waals surface area contributed by atoms with Crippen LogP contribution in [-0.4, -0.2) is 67.5 Å². The number of aliphatic hydroxyl groups is 2. The number of hydrogen-bond acceptors (Lipinski definition) is 10. The second-order valence-corrected chi connectivity index (χ2v) is 15.5. The number of carbonyl (C=O) groups excluding carboxylic acids is 3. The molecule has 266 valence electrons. The van der Waals surface area contributed by atoms with Crippen molar-refractivity contribution in [1.82, 2.24) is 0 Å². The molecule has 3 unspecified atom stereocenters. The van der Waals surface area contributed by atoms with Crippen LogP contribution in [0.1, 0.15) is 110 Å². The number of hydrogen-bond donors (Lipinski definition) is 3. The van der Waals surface area contributed by atoms with Crippen molar-refractivity contribution in [2.45, 2.75) is 129 Å². The minimum absolute atomic E-state index is 0. The van der Waals surface area contributed by atoms with Crippen LogP contribution in [0.4, 0.5) is 0 Å². The predicted octanol–water partition coefficient (Wildman–Crippen LogP) is 6.09. The normalized spacial score (nSPS) is 30.9. The molecule has 10 nitrogen and oxygen atoms in total. The second kappa shape index (κ2) is 12.0. The summed E-state index contributed by atoms with van der Waals surface area (Å²) in [6.45, 7) is 14.6. The Morgan fingerprint density at radius 2 is 1.82 bits per heavy atom. The van der Waals surface area contributed by atoms with Crippen LogP contribution in [0.3, 0.4) is 0 Å². The molecule has 3 aliphatic heterocycles. The number of ether oxygens (including phenoxy) is 4. The molecular weight excluding hydrogens is 628 g/mol. The summed E-state index contributed by atoms with van der Waals surface area (Å²) in [7, 11) is 0. The van der Waals surface area contributed by atoms with Gasteiger partial charge in [0.05, 0.1) is 22.9 Å². The van der Waals surface area contributed by atoms with Crippen LogP contribution in [0.25, 0.3) is 6.08 Å². The SMILES string of the molecule is C.CC(C)=CCc1c2c(c(O)c3c1O[C@]14C(=CC5CC1C(C)(C)O[C@]4(C/C=C(/C)OC=O)C5=O)C3=O)C=C[C@@](C)(CCC(O)C(C)(C)O)O2. The van der Waals surface area contributed by atoms with Crippen LogP contribution in [0.15, 0.2) is 41.2 Å². The first-order valence-electron chi connectivity index (χ1n) is 16.6. The van der Waals surface area contributed by atoms with Gasteiger partial charge in [0.15, 0.2) is 22.8 Å². The predicted molar refractivity (Wildman–Crippen MR) is 183 cm³/mol. The number of carbonyl (C=O) groups is 3. The number of phenols is 1. The second-order valence-electron chi connectivity index (χ2n) is 15.5. The fraction of sp³-hybridized carbons (Fsp3) is 0.564. The molecule has 49 heavy (non-hydrogen) atoms. The number of ketones is 2. The van der Waals surface area contributed by atoms with E-state index in [1.54, 1.807) is 45.1 Å². The third kappa shape index (κ3) is 5.38. The number of rotatable bonds is 10. The molecule has 1 spiro atoms. The molecule has 1 aromatic carbocycles. The lowest BCUT2D eigenvalue weighted by molar-refractivity contribution is -0.171. The lowest BCUT2D eigenvalue weighted by atomic mass is 9.51. The van der Waals surface area contributed by atoms with Crippen molar-refractivity contribution in [2.75, 3.05) is 0 Å². The van der Waals surface area contributed by atoms with Gasteiger partial charge in [-0.3, -0.25) is 14.4 Å². The van der Waals surface area contributed by atoms with Crippen LogP contribution in [0.2, 0.25) is 0 Å². The van der Waals surface area contributed by atoms with Gasteiger partial charge in [-0.1, -0.05) is 25.2 Å². The number of aliphatic hydroxyl groups excluding tert-OH is 1. The number of benzene rings is 1. The smallest absolute Gasteiger partial charge is 0.298 e. The molecule has 6 atom stereocenters. The summed E-state index contributed by atoms with van der Waals surface area (Å²) >= 11 is 0. The van der Waals surface area contributed by atoms with E-state index in [4.69, 9.17) is 18.9 Å². The molecule has 4 bridgehead atoms. The largest absolute Gasteiger partial charge is 0.506 e. The van der Waals surface area contributed by atoms with Crippen LogP contribution < -0.4 is 9.47 Å². The summed E-state index contributed by atoms with van der Waals surface area (Å²) in [5.74, 6) is -1.11. The van der Waals surface area contributed by atoms with Gasteiger partial charge in [-0.15, -0.1) is 0 Å². The quantitative estimate of drug-likeness (QED) is 0.151. The molecule has 6 aliphatic rings. The van der Waals surface area contributed by atoms with Crippen molar-refractivity contribution in [3.63, 3.8) is 0 Å². The third-order valence-corrected chi connectivity index (χ3v) is 10.9. The lowest BCUT2D eigenvalue weighted by Gasteiger charge is -2.56.